The van der Waals surface area contributed by atoms with Gasteiger partial charge in [-0.25, -0.2) is 0 Å². The quantitative estimate of drug-likeness (QED) is 0.657. The van der Waals surface area contributed by atoms with Gasteiger partial charge in [0.05, 0.1) is 17.6 Å². The Hall–Kier alpha value is -3.77. The Morgan fingerprint density at radius 2 is 1.62 bits per heavy atom. The highest BCUT2D eigenvalue weighted by molar-refractivity contribution is 6.19. The summed E-state index contributed by atoms with van der Waals surface area (Å²) in [4.78, 5) is 26.5. The van der Waals surface area contributed by atoms with Crippen LogP contribution in [0.25, 0.3) is 12.2 Å². The van der Waals surface area contributed by atoms with Crippen LogP contribution in [0.3, 0.4) is 0 Å². The summed E-state index contributed by atoms with van der Waals surface area (Å²) in [7, 11) is 0. The molecule has 0 saturated carbocycles. The number of carbonyl (C=O) groups excluding carboxylic acids is 2. The summed E-state index contributed by atoms with van der Waals surface area (Å²) in [5.74, 6) is -0.989. The molecule has 0 fully saturated rings. The van der Waals surface area contributed by atoms with Gasteiger partial charge in [0, 0.05) is 11.5 Å². The summed E-state index contributed by atoms with van der Waals surface area (Å²) in [5, 5.41) is 13.3. The van der Waals surface area contributed by atoms with Crippen LogP contribution in [0, 0.1) is 27.7 Å². The number of carbonyl (C=O) groups is 2. The van der Waals surface area contributed by atoms with Gasteiger partial charge in [0.1, 0.15) is 0 Å². The molecule has 3 aromatic rings. The van der Waals surface area contributed by atoms with Crippen LogP contribution >= 0.6 is 0 Å². The summed E-state index contributed by atoms with van der Waals surface area (Å²) < 4.78 is 0. The minimum absolute atomic E-state index is 0.0141. The van der Waals surface area contributed by atoms with Gasteiger partial charge in [-0.15, -0.1) is 0 Å². The van der Waals surface area contributed by atoms with Crippen molar-refractivity contribution in [2.75, 3.05) is 0 Å². The highest BCUT2D eigenvalue weighted by atomic mass is 16.1. The van der Waals surface area contributed by atoms with E-state index >= 15 is 0 Å². The van der Waals surface area contributed by atoms with Gasteiger partial charge in [-0.1, -0.05) is 67.6 Å². The van der Waals surface area contributed by atoms with Gasteiger partial charge in [0.2, 0.25) is 0 Å². The van der Waals surface area contributed by atoms with Gasteiger partial charge in [0.15, 0.2) is 11.6 Å². The van der Waals surface area contributed by atoms with Crippen LogP contribution in [0.2, 0.25) is 0 Å². The first-order valence-electron chi connectivity index (χ1n) is 9.63. The Morgan fingerprint density at radius 3 is 2.45 bits per heavy atom. The average Bonchev–Trinajstić information content (AvgIpc) is 2.74. The van der Waals surface area contributed by atoms with Crippen molar-refractivity contribution in [3.05, 3.63) is 104 Å². The van der Waals surface area contributed by atoms with E-state index in [1.165, 1.54) is 0 Å². The molecule has 0 N–H and O–H groups in total. The second-order valence-corrected chi connectivity index (χ2v) is 7.58. The molecule has 0 heterocycles. The molecule has 0 aliphatic heterocycles. The number of benzene rings is 3. The number of rotatable bonds is 1. The van der Waals surface area contributed by atoms with Crippen molar-refractivity contribution in [3.8, 4) is 6.07 Å². The fourth-order valence-corrected chi connectivity index (χ4v) is 4.58. The molecule has 0 aromatic heterocycles. The van der Waals surface area contributed by atoms with Crippen LogP contribution in [0.1, 0.15) is 39.9 Å². The molecule has 2 aliphatic rings. The maximum atomic E-state index is 13.3. The molecule has 3 heteroatoms. The third-order valence-corrected chi connectivity index (χ3v) is 5.91. The normalized spacial score (nSPS) is 19.2. The highest BCUT2D eigenvalue weighted by Crippen LogP contribution is 2.34. The Morgan fingerprint density at radius 1 is 0.862 bits per heavy atom. The standard InChI is InChI=1S/C26H17NO2/c1-15-12-17-10-11-21-19-8-4-2-6-16(19)13-22(28)24(21)23(17)25(26(15)29)20-9-5-3-7-18(20)14-27/h2-13,15,25H,1H3. The van der Waals surface area contributed by atoms with E-state index in [4.69, 9.17) is 0 Å². The van der Waals surface area contributed by atoms with Crippen molar-refractivity contribution in [1.82, 2.24) is 0 Å². The lowest BCUT2D eigenvalue weighted by Gasteiger charge is -2.27. The molecule has 2 atom stereocenters. The van der Waals surface area contributed by atoms with Gasteiger partial charge in [-0.2, -0.15) is 5.26 Å². The van der Waals surface area contributed by atoms with E-state index in [1.54, 1.807) is 18.2 Å². The Kier molecular flexibility index (Phi) is 3.82. The smallest absolute Gasteiger partial charge is 0.187 e. The molecule has 0 saturated heterocycles. The molecule has 0 spiro atoms. The summed E-state index contributed by atoms with van der Waals surface area (Å²) in [6.45, 7) is 1.87. The van der Waals surface area contributed by atoms with Crippen LogP contribution in [0.15, 0.2) is 60.7 Å². The number of hydrogen-bond acceptors (Lipinski definition) is 3. The fourth-order valence-electron chi connectivity index (χ4n) is 4.58. The number of ketones is 2. The van der Waals surface area contributed by atoms with Crippen LogP contribution in [0.5, 0.6) is 0 Å². The van der Waals surface area contributed by atoms with E-state index in [0.717, 1.165) is 26.4 Å². The predicted molar refractivity (Wildman–Crippen MR) is 110 cm³/mol. The van der Waals surface area contributed by atoms with Gasteiger partial charge in [-0.3, -0.25) is 9.59 Å². The topological polar surface area (TPSA) is 57.9 Å². The molecule has 3 aromatic carbocycles. The zero-order chi connectivity index (χ0) is 20.1. The zero-order valence-electron chi connectivity index (χ0n) is 15.8. The SMILES string of the molecule is CC1C=c2ccc3c(c2C(c2ccccc2C#N)C1=O)C(=O)C=c1ccccc1=3. The number of hydrogen-bond donors (Lipinski definition) is 0. The maximum absolute atomic E-state index is 13.3. The number of nitriles is 1. The summed E-state index contributed by atoms with van der Waals surface area (Å²) in [6.07, 6.45) is 3.57. The van der Waals surface area contributed by atoms with E-state index in [2.05, 4.69) is 6.07 Å². The molecule has 3 nitrogen and oxygen atoms in total. The van der Waals surface area contributed by atoms with Crippen LogP contribution in [-0.2, 0) is 4.79 Å². The number of nitrogens with zero attached hydrogens (tertiary/aromatic N) is 1. The minimum Gasteiger partial charge on any atom is -0.298 e. The van der Waals surface area contributed by atoms with Crippen molar-refractivity contribution in [1.29, 1.82) is 5.26 Å². The van der Waals surface area contributed by atoms with E-state index in [1.807, 2.05) is 61.5 Å². The van der Waals surface area contributed by atoms with Crippen molar-refractivity contribution >= 4 is 23.7 Å². The summed E-state index contributed by atoms with van der Waals surface area (Å²) in [5.41, 5.74) is 2.44. The first-order chi connectivity index (χ1) is 14.1. The second kappa shape index (κ2) is 6.39. The largest absolute Gasteiger partial charge is 0.298 e. The molecule has 138 valence electrons. The van der Waals surface area contributed by atoms with Crippen molar-refractivity contribution in [3.63, 3.8) is 0 Å². The Balaban J connectivity index is 1.97. The molecule has 0 bridgehead atoms. The molecule has 0 amide bonds. The van der Waals surface area contributed by atoms with Crippen LogP contribution in [0.4, 0.5) is 0 Å². The van der Waals surface area contributed by atoms with Crippen LogP contribution in [-0.4, -0.2) is 11.6 Å². The zero-order valence-corrected chi connectivity index (χ0v) is 15.8. The lowest BCUT2D eigenvalue weighted by molar-refractivity contribution is -0.121. The minimum atomic E-state index is -0.626. The van der Waals surface area contributed by atoms with E-state index in [9.17, 15) is 14.9 Å². The molecular weight excluding hydrogens is 358 g/mol. The monoisotopic (exact) mass is 375 g/mol. The third kappa shape index (κ3) is 2.50. The first-order valence-corrected chi connectivity index (χ1v) is 9.63. The van der Waals surface area contributed by atoms with E-state index in [-0.39, 0.29) is 17.5 Å². The molecule has 5 rings (SSSR count). The second-order valence-electron chi connectivity index (χ2n) is 7.58. The van der Waals surface area contributed by atoms with Crippen molar-refractivity contribution in [2.45, 2.75) is 12.8 Å². The van der Waals surface area contributed by atoms with Crippen LogP contribution < -0.4 is 10.4 Å². The Bertz CT molecular complexity index is 1470. The lowest BCUT2D eigenvalue weighted by Crippen LogP contribution is -2.34. The van der Waals surface area contributed by atoms with Gasteiger partial charge in [0.25, 0.3) is 0 Å². The molecular formula is C26H17NO2. The van der Waals surface area contributed by atoms with E-state index < -0.39 is 5.92 Å². The Labute approximate surface area is 167 Å². The molecule has 29 heavy (non-hydrogen) atoms. The lowest BCUT2D eigenvalue weighted by atomic mass is 9.73. The highest BCUT2D eigenvalue weighted by Gasteiger charge is 2.35. The van der Waals surface area contributed by atoms with Crippen molar-refractivity contribution in [2.24, 2.45) is 5.92 Å². The van der Waals surface area contributed by atoms with Gasteiger partial charge in [-0.05, 0) is 44.1 Å². The summed E-state index contributed by atoms with van der Waals surface area (Å²) in [6, 6.07) is 21.2. The third-order valence-electron chi connectivity index (χ3n) is 5.91. The average molecular weight is 375 g/mol. The summed E-state index contributed by atoms with van der Waals surface area (Å²) >= 11 is 0. The molecule has 0 radical (unpaired) electrons. The number of fused-ring (bicyclic) bond motifs is 4. The van der Waals surface area contributed by atoms with Gasteiger partial charge < -0.3 is 0 Å². The number of Topliss-reactive ketones (excluding diaryl/α,β-unsaturated/α-hetero) is 2. The maximum Gasteiger partial charge on any atom is 0.187 e. The predicted octanol–water partition coefficient (Wildman–Crippen LogP) is 2.95. The van der Waals surface area contributed by atoms with Crippen molar-refractivity contribution < 1.29 is 9.59 Å². The molecule has 2 aliphatic carbocycles. The van der Waals surface area contributed by atoms with E-state index in [0.29, 0.717) is 16.7 Å². The first kappa shape index (κ1) is 17.3. The molecule has 2 unspecified atom stereocenters. The fraction of sp³-hybridized carbons (Fsp3) is 0.115. The van der Waals surface area contributed by atoms with Gasteiger partial charge >= 0.3 is 0 Å².